The van der Waals surface area contributed by atoms with Crippen molar-refractivity contribution in [3.05, 3.63) is 77.9 Å². The summed E-state index contributed by atoms with van der Waals surface area (Å²) in [6.45, 7) is 0.814. The molecule has 6 heteroatoms. The molecule has 2 heterocycles. The quantitative estimate of drug-likeness (QED) is 0.597. The number of hydrogen-bond acceptors (Lipinski definition) is 5. The first-order chi connectivity index (χ1) is 12.6. The van der Waals surface area contributed by atoms with Crippen molar-refractivity contribution in [3.63, 3.8) is 0 Å². The van der Waals surface area contributed by atoms with E-state index >= 15 is 0 Å². The van der Waals surface area contributed by atoms with E-state index in [4.69, 9.17) is 13.6 Å². The molecule has 5 nitrogen and oxygen atoms in total. The second-order valence-corrected chi connectivity index (χ2v) is 10.4. The van der Waals surface area contributed by atoms with Gasteiger partial charge in [0.25, 0.3) is 0 Å². The van der Waals surface area contributed by atoms with Gasteiger partial charge in [-0.25, -0.2) is 0 Å². The standard InChI is InChI=1S/C20H22NO4P/c1-21(2)26(23-13-14-24-26)19(20(22)17-11-7-4-8-12-17)15-18(25-26)16-9-5-3-6-10-16/h3-12,15,19H,13-14H2,1-2H3. The van der Waals surface area contributed by atoms with Crippen molar-refractivity contribution in [1.82, 2.24) is 4.67 Å². The Morgan fingerprint density at radius 3 is 2.12 bits per heavy atom. The fourth-order valence-electron chi connectivity index (χ4n) is 3.56. The van der Waals surface area contributed by atoms with Gasteiger partial charge in [-0.05, 0) is 0 Å². The van der Waals surface area contributed by atoms with E-state index in [1.165, 1.54) is 0 Å². The van der Waals surface area contributed by atoms with Gasteiger partial charge in [0, 0.05) is 0 Å². The minimum absolute atomic E-state index is 0.0511. The third-order valence-electron chi connectivity index (χ3n) is 4.89. The molecule has 26 heavy (non-hydrogen) atoms. The second-order valence-electron chi connectivity index (χ2n) is 6.58. The molecule has 0 aliphatic carbocycles. The average Bonchev–Trinajstić information content (AvgIpc) is 3.28. The molecule has 2 aromatic rings. The molecule has 0 amide bonds. The topological polar surface area (TPSA) is 48.0 Å². The van der Waals surface area contributed by atoms with E-state index in [-0.39, 0.29) is 5.78 Å². The van der Waals surface area contributed by atoms with Gasteiger partial charge >= 0.3 is 153 Å². The molecule has 4 rings (SSSR count). The maximum absolute atomic E-state index is 13.4. The molecule has 1 spiro atoms. The fraction of sp³-hybridized carbons (Fsp3) is 0.250. The zero-order chi connectivity index (χ0) is 18.2. The third kappa shape index (κ3) is 2.43. The van der Waals surface area contributed by atoms with Crippen LogP contribution in [0, 0.1) is 0 Å². The summed E-state index contributed by atoms with van der Waals surface area (Å²) in [5.41, 5.74) is 0.897. The Hall–Kier alpha value is -2.04. The van der Waals surface area contributed by atoms with Gasteiger partial charge in [0.2, 0.25) is 0 Å². The van der Waals surface area contributed by atoms with Crippen LogP contribution < -0.4 is 0 Å². The first-order valence-corrected chi connectivity index (χ1v) is 10.6. The molecule has 1 fully saturated rings. The summed E-state index contributed by atoms with van der Waals surface area (Å²) < 4.78 is 20.7. The molecule has 136 valence electrons. The molecule has 1 saturated heterocycles. The molecule has 0 aromatic heterocycles. The number of allylic oxidation sites excluding steroid dienone is 1. The van der Waals surface area contributed by atoms with Crippen LogP contribution in [0.25, 0.3) is 5.76 Å². The van der Waals surface area contributed by atoms with Gasteiger partial charge in [-0.2, -0.15) is 0 Å². The van der Waals surface area contributed by atoms with E-state index in [1.54, 1.807) is 0 Å². The van der Waals surface area contributed by atoms with Crippen LogP contribution in [0.4, 0.5) is 0 Å². The number of carbonyl (C=O) groups is 1. The summed E-state index contributed by atoms with van der Waals surface area (Å²) in [4.78, 5) is 13.4. The van der Waals surface area contributed by atoms with Crippen molar-refractivity contribution in [2.45, 2.75) is 5.66 Å². The van der Waals surface area contributed by atoms with E-state index in [2.05, 4.69) is 0 Å². The second kappa shape index (κ2) is 6.29. The van der Waals surface area contributed by atoms with Crippen molar-refractivity contribution in [2.75, 3.05) is 27.3 Å². The first-order valence-electron chi connectivity index (χ1n) is 8.62. The average molecular weight is 371 g/mol. The Kier molecular flexibility index (Phi) is 4.20. The Bertz CT molecular complexity index is 845. The number of hydrogen-bond donors (Lipinski definition) is 0. The van der Waals surface area contributed by atoms with Gasteiger partial charge in [0.1, 0.15) is 0 Å². The number of benzene rings is 2. The first kappa shape index (κ1) is 17.4. The Morgan fingerprint density at radius 1 is 0.962 bits per heavy atom. The molecule has 2 aromatic carbocycles. The summed E-state index contributed by atoms with van der Waals surface area (Å²) in [5.74, 6) is 0.581. The Labute approximate surface area is 153 Å². The van der Waals surface area contributed by atoms with Crippen molar-refractivity contribution in [2.24, 2.45) is 0 Å². The number of carbonyl (C=O) groups excluding carboxylic acids is 1. The molecular weight excluding hydrogens is 349 g/mol. The molecule has 0 radical (unpaired) electrons. The van der Waals surface area contributed by atoms with Gasteiger partial charge in [-0.15, -0.1) is 0 Å². The van der Waals surface area contributed by atoms with E-state index in [1.807, 2.05) is 85.5 Å². The predicted octanol–water partition coefficient (Wildman–Crippen LogP) is 4.13. The van der Waals surface area contributed by atoms with Crippen molar-refractivity contribution < 1.29 is 18.4 Å². The van der Waals surface area contributed by atoms with Crippen molar-refractivity contribution in [3.8, 4) is 0 Å². The van der Waals surface area contributed by atoms with Crippen LogP contribution in [0.3, 0.4) is 0 Å². The maximum atomic E-state index is 13.4. The predicted molar refractivity (Wildman–Crippen MR) is 103 cm³/mol. The molecule has 1 atom stereocenters. The van der Waals surface area contributed by atoms with Crippen LogP contribution in [0.1, 0.15) is 15.9 Å². The third-order valence-corrected chi connectivity index (χ3v) is 9.49. The van der Waals surface area contributed by atoms with Crippen LogP contribution in [-0.2, 0) is 13.6 Å². The Morgan fingerprint density at radius 2 is 1.54 bits per heavy atom. The number of Topliss-reactive ketones (excluding diaryl/α,β-unsaturated/α-hetero) is 1. The van der Waals surface area contributed by atoms with Crippen molar-refractivity contribution in [1.29, 1.82) is 0 Å². The summed E-state index contributed by atoms with van der Waals surface area (Å²) in [6, 6.07) is 19.0. The zero-order valence-electron chi connectivity index (χ0n) is 14.9. The molecular formula is C20H22NO4P. The van der Waals surface area contributed by atoms with Crippen LogP contribution in [0.2, 0.25) is 0 Å². The monoisotopic (exact) mass is 371 g/mol. The molecule has 0 bridgehead atoms. The molecule has 0 saturated carbocycles. The normalized spacial score (nSPS) is 24.7. The molecule has 2 aliphatic heterocycles. The number of rotatable bonds is 4. The van der Waals surface area contributed by atoms with E-state index in [0.717, 1.165) is 5.56 Å². The molecule has 1 unspecified atom stereocenters. The number of nitrogens with zero attached hydrogens (tertiary/aromatic N) is 1. The van der Waals surface area contributed by atoms with Gasteiger partial charge in [0.15, 0.2) is 0 Å². The minimum atomic E-state index is -3.83. The van der Waals surface area contributed by atoms with E-state index in [9.17, 15) is 4.79 Å². The van der Waals surface area contributed by atoms with Crippen LogP contribution >= 0.6 is 7.43 Å². The van der Waals surface area contributed by atoms with Gasteiger partial charge in [-0.3, -0.25) is 0 Å². The summed E-state index contributed by atoms with van der Waals surface area (Å²) in [5, 5.41) is 0. The van der Waals surface area contributed by atoms with Crippen molar-refractivity contribution >= 4 is 19.0 Å². The molecule has 0 N–H and O–H groups in total. The Balaban J connectivity index is 1.85. The summed E-state index contributed by atoms with van der Waals surface area (Å²) >= 11 is 0. The van der Waals surface area contributed by atoms with Crippen LogP contribution in [0.15, 0.2) is 66.7 Å². The van der Waals surface area contributed by atoms with E-state index < -0.39 is 13.1 Å². The van der Waals surface area contributed by atoms with Gasteiger partial charge < -0.3 is 0 Å². The summed E-state index contributed by atoms with van der Waals surface area (Å²) in [6.07, 6.45) is 1.87. The number of ketones is 1. The van der Waals surface area contributed by atoms with Crippen LogP contribution in [-0.4, -0.2) is 43.4 Å². The summed E-state index contributed by atoms with van der Waals surface area (Å²) in [7, 11) is -0.111. The van der Waals surface area contributed by atoms with Crippen LogP contribution in [0.5, 0.6) is 0 Å². The molecule has 2 aliphatic rings. The fourth-order valence-corrected chi connectivity index (χ4v) is 7.57. The zero-order valence-corrected chi connectivity index (χ0v) is 15.8. The SMILES string of the molecule is CN(C)P12(OCCO1)OC(c1ccccc1)=CC2C(=O)c1ccccc1. The van der Waals surface area contributed by atoms with E-state index in [0.29, 0.717) is 24.5 Å². The van der Waals surface area contributed by atoms with Gasteiger partial charge in [0.05, 0.1) is 0 Å². The van der Waals surface area contributed by atoms with Gasteiger partial charge in [-0.1, -0.05) is 0 Å².